The maximum absolute atomic E-state index is 6.11. The van der Waals surface area contributed by atoms with Crippen LogP contribution in [0.15, 0.2) is 78.0 Å². The molecule has 0 spiro atoms. The lowest BCUT2D eigenvalue weighted by Crippen LogP contribution is -2.00. The number of thioether (sulfide) groups is 1. The van der Waals surface area contributed by atoms with E-state index < -0.39 is 0 Å². The number of hydrogen-bond acceptors (Lipinski definition) is 4. The third-order valence-corrected chi connectivity index (χ3v) is 5.89. The number of rotatable bonds is 6. The van der Waals surface area contributed by atoms with E-state index in [9.17, 15) is 0 Å². The molecule has 4 aromatic rings. The Morgan fingerprint density at radius 2 is 1.76 bits per heavy atom. The molecular formula is C23H20ClN3OS. The molecule has 0 amide bonds. The van der Waals surface area contributed by atoms with Crippen molar-refractivity contribution >= 4 is 23.4 Å². The van der Waals surface area contributed by atoms with Crippen LogP contribution in [-0.2, 0) is 5.75 Å². The van der Waals surface area contributed by atoms with E-state index in [1.54, 1.807) is 18.9 Å². The lowest BCUT2D eigenvalue weighted by atomic mass is 10.1. The van der Waals surface area contributed by atoms with Gasteiger partial charge in [-0.1, -0.05) is 59.8 Å². The number of hydrogen-bond donors (Lipinski definition) is 0. The molecule has 29 heavy (non-hydrogen) atoms. The van der Waals surface area contributed by atoms with Crippen LogP contribution in [0.3, 0.4) is 0 Å². The number of aromatic nitrogens is 3. The summed E-state index contributed by atoms with van der Waals surface area (Å²) >= 11 is 7.77. The maximum Gasteiger partial charge on any atom is 0.196 e. The molecule has 0 aliphatic heterocycles. The van der Waals surface area contributed by atoms with Gasteiger partial charge in [0.25, 0.3) is 0 Å². The predicted octanol–water partition coefficient (Wildman–Crippen LogP) is 6.20. The first kappa shape index (κ1) is 19.6. The van der Waals surface area contributed by atoms with Gasteiger partial charge >= 0.3 is 0 Å². The van der Waals surface area contributed by atoms with Gasteiger partial charge in [-0.25, -0.2) is 0 Å². The highest BCUT2D eigenvalue weighted by atomic mass is 35.5. The zero-order chi connectivity index (χ0) is 20.2. The molecule has 0 atom stereocenters. The fourth-order valence-electron chi connectivity index (χ4n) is 3.05. The molecule has 0 saturated heterocycles. The van der Waals surface area contributed by atoms with E-state index >= 15 is 0 Å². The van der Waals surface area contributed by atoms with Crippen LogP contribution in [0.25, 0.3) is 17.1 Å². The van der Waals surface area contributed by atoms with Gasteiger partial charge in [-0.2, -0.15) is 0 Å². The fourth-order valence-corrected chi connectivity index (χ4v) is 4.20. The third-order valence-electron chi connectivity index (χ3n) is 4.66. The molecule has 146 valence electrons. The van der Waals surface area contributed by atoms with Crippen molar-refractivity contribution < 1.29 is 4.74 Å². The van der Waals surface area contributed by atoms with E-state index in [2.05, 4.69) is 46.0 Å². The first-order valence-electron chi connectivity index (χ1n) is 9.19. The Kier molecular flexibility index (Phi) is 5.88. The van der Waals surface area contributed by atoms with Gasteiger partial charge in [0.1, 0.15) is 5.75 Å². The van der Waals surface area contributed by atoms with Crippen molar-refractivity contribution in [3.8, 4) is 22.8 Å². The average molecular weight is 422 g/mol. The highest BCUT2D eigenvalue weighted by Crippen LogP contribution is 2.31. The van der Waals surface area contributed by atoms with Crippen LogP contribution in [-0.4, -0.2) is 21.9 Å². The minimum atomic E-state index is 0.693. The Morgan fingerprint density at radius 1 is 0.966 bits per heavy atom. The van der Waals surface area contributed by atoms with E-state index in [-0.39, 0.29) is 0 Å². The summed E-state index contributed by atoms with van der Waals surface area (Å²) in [6, 6.07) is 24.0. The first-order valence-corrected chi connectivity index (χ1v) is 10.5. The van der Waals surface area contributed by atoms with Crippen LogP contribution in [0.1, 0.15) is 11.1 Å². The number of nitrogens with zero attached hydrogens (tertiary/aromatic N) is 3. The Labute approximate surface area is 179 Å². The van der Waals surface area contributed by atoms with Crippen molar-refractivity contribution in [1.82, 2.24) is 14.8 Å². The minimum Gasteiger partial charge on any atom is -0.497 e. The lowest BCUT2D eigenvalue weighted by molar-refractivity contribution is 0.415. The quantitative estimate of drug-likeness (QED) is 0.347. The number of methoxy groups -OCH3 is 1. The van der Waals surface area contributed by atoms with Gasteiger partial charge in [-0.3, -0.25) is 4.57 Å². The Bertz CT molecular complexity index is 1130. The van der Waals surface area contributed by atoms with Crippen molar-refractivity contribution in [3.05, 3.63) is 88.9 Å². The number of aryl methyl sites for hydroxylation is 1. The van der Waals surface area contributed by atoms with E-state index in [0.717, 1.165) is 33.7 Å². The Balaban J connectivity index is 1.76. The van der Waals surface area contributed by atoms with Crippen molar-refractivity contribution in [3.63, 3.8) is 0 Å². The third kappa shape index (κ3) is 4.31. The van der Waals surface area contributed by atoms with Gasteiger partial charge in [0.15, 0.2) is 11.0 Å². The van der Waals surface area contributed by atoms with E-state index in [4.69, 9.17) is 16.3 Å². The van der Waals surface area contributed by atoms with Crippen LogP contribution in [0.4, 0.5) is 0 Å². The van der Waals surface area contributed by atoms with Crippen molar-refractivity contribution in [2.24, 2.45) is 0 Å². The normalized spacial score (nSPS) is 10.9. The van der Waals surface area contributed by atoms with Crippen molar-refractivity contribution in [2.75, 3.05) is 7.11 Å². The average Bonchev–Trinajstić information content (AvgIpc) is 3.18. The smallest absolute Gasteiger partial charge is 0.196 e. The zero-order valence-corrected chi connectivity index (χ0v) is 17.7. The molecule has 0 saturated carbocycles. The lowest BCUT2D eigenvalue weighted by Gasteiger charge is -2.12. The second-order valence-electron chi connectivity index (χ2n) is 6.57. The summed E-state index contributed by atoms with van der Waals surface area (Å²) in [5, 5.41) is 10.5. The second-order valence-corrected chi connectivity index (χ2v) is 7.94. The van der Waals surface area contributed by atoms with Gasteiger partial charge in [0, 0.05) is 22.0 Å². The monoisotopic (exact) mass is 421 g/mol. The molecule has 6 heteroatoms. The summed E-state index contributed by atoms with van der Waals surface area (Å²) in [5.41, 5.74) is 4.45. The standard InChI is InChI=1S/C23H20ClN3OS/c1-16-6-3-4-7-18(16)15-29-23-26-25-22(17-8-5-9-21(14-17)28-2)27(23)20-12-10-19(24)11-13-20/h3-14H,15H2,1-2H3. The van der Waals surface area contributed by atoms with Gasteiger partial charge in [0.2, 0.25) is 0 Å². The van der Waals surface area contributed by atoms with Crippen LogP contribution in [0, 0.1) is 6.92 Å². The Morgan fingerprint density at radius 3 is 2.52 bits per heavy atom. The summed E-state index contributed by atoms with van der Waals surface area (Å²) in [5.74, 6) is 2.36. The number of halogens is 1. The fraction of sp³-hybridized carbons (Fsp3) is 0.130. The van der Waals surface area contributed by atoms with Gasteiger partial charge in [-0.15, -0.1) is 10.2 Å². The highest BCUT2D eigenvalue weighted by molar-refractivity contribution is 7.98. The molecule has 0 aliphatic carbocycles. The summed E-state index contributed by atoms with van der Waals surface area (Å²) in [6.07, 6.45) is 0. The van der Waals surface area contributed by atoms with E-state index in [1.165, 1.54) is 11.1 Å². The predicted molar refractivity (Wildman–Crippen MR) is 119 cm³/mol. The molecule has 0 bridgehead atoms. The molecule has 1 aromatic heterocycles. The highest BCUT2D eigenvalue weighted by Gasteiger charge is 2.17. The molecule has 0 radical (unpaired) electrons. The molecule has 0 aliphatic rings. The van der Waals surface area contributed by atoms with Crippen LogP contribution < -0.4 is 4.74 Å². The molecule has 4 rings (SSSR count). The maximum atomic E-state index is 6.11. The van der Waals surface area contributed by atoms with Crippen molar-refractivity contribution in [1.29, 1.82) is 0 Å². The van der Waals surface area contributed by atoms with Crippen LogP contribution in [0.2, 0.25) is 5.02 Å². The second kappa shape index (κ2) is 8.72. The number of benzene rings is 3. The zero-order valence-electron chi connectivity index (χ0n) is 16.2. The summed E-state index contributed by atoms with van der Waals surface area (Å²) in [7, 11) is 1.66. The van der Waals surface area contributed by atoms with Gasteiger partial charge in [-0.05, 0) is 54.4 Å². The molecule has 0 unspecified atom stereocenters. The largest absolute Gasteiger partial charge is 0.497 e. The number of ether oxygens (including phenoxy) is 1. The molecule has 1 heterocycles. The van der Waals surface area contributed by atoms with Crippen LogP contribution in [0.5, 0.6) is 5.75 Å². The minimum absolute atomic E-state index is 0.693. The van der Waals surface area contributed by atoms with E-state index in [0.29, 0.717) is 5.02 Å². The molecule has 0 fully saturated rings. The molecular weight excluding hydrogens is 402 g/mol. The van der Waals surface area contributed by atoms with Crippen molar-refractivity contribution in [2.45, 2.75) is 17.8 Å². The summed E-state index contributed by atoms with van der Waals surface area (Å²) < 4.78 is 7.45. The first-order chi connectivity index (χ1) is 14.2. The topological polar surface area (TPSA) is 39.9 Å². The summed E-state index contributed by atoms with van der Waals surface area (Å²) in [4.78, 5) is 0. The molecule has 4 nitrogen and oxygen atoms in total. The van der Waals surface area contributed by atoms with Gasteiger partial charge in [0.05, 0.1) is 7.11 Å². The summed E-state index contributed by atoms with van der Waals surface area (Å²) in [6.45, 7) is 2.13. The van der Waals surface area contributed by atoms with Gasteiger partial charge < -0.3 is 4.74 Å². The van der Waals surface area contributed by atoms with Crippen LogP contribution >= 0.6 is 23.4 Å². The van der Waals surface area contributed by atoms with E-state index in [1.807, 2.05) is 48.5 Å². The molecule has 0 N–H and O–H groups in total. The SMILES string of the molecule is COc1cccc(-c2nnc(SCc3ccccc3C)n2-c2ccc(Cl)cc2)c1. The molecule has 3 aromatic carbocycles. The Hall–Kier alpha value is -2.76.